The summed E-state index contributed by atoms with van der Waals surface area (Å²) in [4.78, 5) is 2.52. The fourth-order valence-corrected chi connectivity index (χ4v) is 1.75. The molecule has 2 nitrogen and oxygen atoms in total. The molecule has 0 bridgehead atoms. The van der Waals surface area contributed by atoms with Gasteiger partial charge >= 0.3 is 0 Å². The molecule has 1 heterocycles. The Kier molecular flexibility index (Phi) is 3.87. The molecule has 66 valence electrons. The van der Waals surface area contributed by atoms with Crippen molar-refractivity contribution in [1.82, 2.24) is 4.90 Å². The number of hydrogen-bond donors (Lipinski definition) is 1. The van der Waals surface area contributed by atoms with Gasteiger partial charge in [0.1, 0.15) is 0 Å². The summed E-state index contributed by atoms with van der Waals surface area (Å²) in [7, 11) is 0. The lowest BCUT2D eigenvalue weighted by Gasteiger charge is -2.23. The largest absolute Gasteiger partial charge is 0.396 e. The van der Waals surface area contributed by atoms with E-state index in [0.29, 0.717) is 12.6 Å². The molecule has 0 spiro atoms. The lowest BCUT2D eigenvalue weighted by Crippen LogP contribution is -2.30. The Labute approximate surface area is 69.2 Å². The van der Waals surface area contributed by atoms with E-state index in [1.165, 1.54) is 25.9 Å². The molecule has 0 aliphatic carbocycles. The van der Waals surface area contributed by atoms with Gasteiger partial charge in [0.25, 0.3) is 0 Å². The Morgan fingerprint density at radius 3 is 2.55 bits per heavy atom. The first-order valence-corrected chi connectivity index (χ1v) is 4.69. The minimum Gasteiger partial charge on any atom is -0.396 e. The van der Waals surface area contributed by atoms with Crippen LogP contribution in [0.1, 0.15) is 32.6 Å². The van der Waals surface area contributed by atoms with E-state index in [9.17, 15) is 0 Å². The van der Waals surface area contributed by atoms with Gasteiger partial charge in [0.05, 0.1) is 0 Å². The van der Waals surface area contributed by atoms with Crippen LogP contribution in [-0.2, 0) is 0 Å². The molecule has 1 aliphatic rings. The lowest BCUT2D eigenvalue weighted by molar-refractivity contribution is 0.217. The van der Waals surface area contributed by atoms with E-state index in [1.807, 2.05) is 0 Å². The molecular formula is C9H19NO. The molecular weight excluding hydrogens is 138 g/mol. The molecule has 0 aromatic rings. The second kappa shape index (κ2) is 4.73. The number of likely N-dealkylation sites (tertiary alicyclic amines) is 1. The van der Waals surface area contributed by atoms with Crippen LogP contribution in [0.5, 0.6) is 0 Å². The summed E-state index contributed by atoms with van der Waals surface area (Å²) < 4.78 is 0. The molecule has 1 unspecified atom stereocenters. The van der Waals surface area contributed by atoms with E-state index in [-0.39, 0.29) is 0 Å². The van der Waals surface area contributed by atoms with Crippen molar-refractivity contribution in [2.24, 2.45) is 0 Å². The second-order valence-electron chi connectivity index (χ2n) is 3.46. The quantitative estimate of drug-likeness (QED) is 0.663. The van der Waals surface area contributed by atoms with Crippen LogP contribution in [0.15, 0.2) is 0 Å². The molecule has 11 heavy (non-hydrogen) atoms. The topological polar surface area (TPSA) is 23.5 Å². The first-order chi connectivity index (χ1) is 5.34. The third-order valence-corrected chi connectivity index (χ3v) is 2.54. The Balaban J connectivity index is 2.12. The van der Waals surface area contributed by atoms with Gasteiger partial charge in [-0.3, -0.25) is 0 Å². The van der Waals surface area contributed by atoms with E-state index < -0.39 is 0 Å². The van der Waals surface area contributed by atoms with Gasteiger partial charge in [-0.2, -0.15) is 0 Å². The van der Waals surface area contributed by atoms with Crippen molar-refractivity contribution in [3.05, 3.63) is 0 Å². The van der Waals surface area contributed by atoms with E-state index in [4.69, 9.17) is 5.11 Å². The monoisotopic (exact) mass is 157 g/mol. The Hall–Kier alpha value is -0.0800. The summed E-state index contributed by atoms with van der Waals surface area (Å²) in [6, 6.07) is 0.685. The standard InChI is InChI=1S/C9H19NO/c1-9(5-4-8-11)10-6-2-3-7-10/h9,11H,2-8H2,1H3. The molecule has 0 saturated carbocycles. The molecule has 0 aromatic carbocycles. The zero-order chi connectivity index (χ0) is 8.10. The van der Waals surface area contributed by atoms with Gasteiger partial charge in [0, 0.05) is 12.6 Å². The van der Waals surface area contributed by atoms with E-state index in [2.05, 4.69) is 11.8 Å². The van der Waals surface area contributed by atoms with Crippen molar-refractivity contribution in [2.75, 3.05) is 19.7 Å². The lowest BCUT2D eigenvalue weighted by atomic mass is 10.2. The first kappa shape index (κ1) is 9.01. The molecule has 1 N–H and O–H groups in total. The highest BCUT2D eigenvalue weighted by Gasteiger charge is 2.16. The second-order valence-corrected chi connectivity index (χ2v) is 3.46. The van der Waals surface area contributed by atoms with Gasteiger partial charge in [-0.15, -0.1) is 0 Å². The maximum Gasteiger partial charge on any atom is 0.0431 e. The zero-order valence-electron chi connectivity index (χ0n) is 7.42. The fourth-order valence-electron chi connectivity index (χ4n) is 1.75. The average molecular weight is 157 g/mol. The molecule has 0 aromatic heterocycles. The molecule has 1 atom stereocenters. The van der Waals surface area contributed by atoms with E-state index in [0.717, 1.165) is 12.8 Å². The number of nitrogens with zero attached hydrogens (tertiary/aromatic N) is 1. The SMILES string of the molecule is CC(CCCO)N1CCCC1. The van der Waals surface area contributed by atoms with Gasteiger partial charge < -0.3 is 10.0 Å². The highest BCUT2D eigenvalue weighted by atomic mass is 16.2. The summed E-state index contributed by atoms with van der Waals surface area (Å²) in [5.41, 5.74) is 0. The van der Waals surface area contributed by atoms with Crippen LogP contribution in [0.4, 0.5) is 0 Å². The molecule has 1 saturated heterocycles. The van der Waals surface area contributed by atoms with Crippen molar-refractivity contribution in [3.8, 4) is 0 Å². The predicted octanol–water partition coefficient (Wildman–Crippen LogP) is 1.24. The number of rotatable bonds is 4. The predicted molar refractivity (Wildman–Crippen MR) is 46.6 cm³/mol. The first-order valence-electron chi connectivity index (χ1n) is 4.69. The highest BCUT2D eigenvalue weighted by Crippen LogP contribution is 2.14. The van der Waals surface area contributed by atoms with Crippen LogP contribution < -0.4 is 0 Å². The van der Waals surface area contributed by atoms with Crippen LogP contribution in [0, 0.1) is 0 Å². The van der Waals surface area contributed by atoms with Crippen LogP contribution in [0.25, 0.3) is 0 Å². The maximum absolute atomic E-state index is 8.64. The highest BCUT2D eigenvalue weighted by molar-refractivity contribution is 4.72. The van der Waals surface area contributed by atoms with Crippen molar-refractivity contribution in [2.45, 2.75) is 38.6 Å². The van der Waals surface area contributed by atoms with Crippen molar-refractivity contribution >= 4 is 0 Å². The summed E-state index contributed by atoms with van der Waals surface area (Å²) in [6.45, 7) is 5.15. The van der Waals surface area contributed by atoms with Gasteiger partial charge in [0.2, 0.25) is 0 Å². The average Bonchev–Trinajstić information content (AvgIpc) is 2.52. The summed E-state index contributed by atoms with van der Waals surface area (Å²) in [5, 5.41) is 8.64. The summed E-state index contributed by atoms with van der Waals surface area (Å²) in [5.74, 6) is 0. The number of aliphatic hydroxyl groups is 1. The fraction of sp³-hybridized carbons (Fsp3) is 1.00. The zero-order valence-corrected chi connectivity index (χ0v) is 7.42. The molecule has 2 heteroatoms. The minimum absolute atomic E-state index is 0.345. The summed E-state index contributed by atoms with van der Waals surface area (Å²) >= 11 is 0. The minimum atomic E-state index is 0.345. The Morgan fingerprint density at radius 2 is 2.00 bits per heavy atom. The van der Waals surface area contributed by atoms with Gasteiger partial charge in [0.15, 0.2) is 0 Å². The van der Waals surface area contributed by atoms with Gasteiger partial charge in [-0.1, -0.05) is 0 Å². The van der Waals surface area contributed by atoms with Crippen LogP contribution in [0.2, 0.25) is 0 Å². The van der Waals surface area contributed by atoms with E-state index >= 15 is 0 Å². The van der Waals surface area contributed by atoms with Gasteiger partial charge in [-0.25, -0.2) is 0 Å². The Bertz CT molecular complexity index is 99.7. The molecule has 0 radical (unpaired) electrons. The summed E-state index contributed by atoms with van der Waals surface area (Å²) in [6.07, 6.45) is 4.83. The molecule has 1 rings (SSSR count). The van der Waals surface area contributed by atoms with Crippen molar-refractivity contribution in [3.63, 3.8) is 0 Å². The van der Waals surface area contributed by atoms with Crippen LogP contribution >= 0.6 is 0 Å². The third kappa shape index (κ3) is 2.80. The molecule has 1 fully saturated rings. The van der Waals surface area contributed by atoms with Crippen LogP contribution in [-0.4, -0.2) is 35.7 Å². The van der Waals surface area contributed by atoms with E-state index in [1.54, 1.807) is 0 Å². The van der Waals surface area contributed by atoms with Crippen molar-refractivity contribution in [1.29, 1.82) is 0 Å². The van der Waals surface area contributed by atoms with Gasteiger partial charge in [-0.05, 0) is 45.7 Å². The van der Waals surface area contributed by atoms with Crippen molar-refractivity contribution < 1.29 is 5.11 Å². The maximum atomic E-state index is 8.64. The normalized spacial score (nSPS) is 22.4. The number of hydrogen-bond acceptors (Lipinski definition) is 2. The third-order valence-electron chi connectivity index (χ3n) is 2.54. The smallest absolute Gasteiger partial charge is 0.0431 e. The molecule has 1 aliphatic heterocycles. The Morgan fingerprint density at radius 1 is 1.36 bits per heavy atom. The number of aliphatic hydroxyl groups excluding tert-OH is 1. The molecule has 0 amide bonds. The van der Waals surface area contributed by atoms with Crippen LogP contribution in [0.3, 0.4) is 0 Å².